The molecule has 1 aromatic carbocycles. The van der Waals surface area contributed by atoms with Crippen LogP contribution >= 0.6 is 11.6 Å². The van der Waals surface area contributed by atoms with Crippen molar-refractivity contribution in [1.82, 2.24) is 5.32 Å². The molecule has 0 bridgehead atoms. The first-order valence-corrected chi connectivity index (χ1v) is 5.92. The summed E-state index contributed by atoms with van der Waals surface area (Å²) in [6, 6.07) is 5.03. The second-order valence-electron chi connectivity index (χ2n) is 4.04. The minimum atomic E-state index is -0.409. The maximum Gasteiger partial charge on any atom is 0.142 e. The summed E-state index contributed by atoms with van der Waals surface area (Å²) in [6.45, 7) is 3.08. The van der Waals surface area contributed by atoms with Crippen LogP contribution in [0.4, 0.5) is 4.39 Å². The number of hydrogen-bond acceptors (Lipinski definition) is 2. The molecule has 0 aliphatic heterocycles. The Morgan fingerprint density at radius 1 is 1.50 bits per heavy atom. The normalized spacial score (nSPS) is 23.9. The summed E-state index contributed by atoms with van der Waals surface area (Å²) in [5, 5.41) is 3.46. The Hall–Kier alpha value is -0.800. The Labute approximate surface area is 99.7 Å². The molecular weight excluding hydrogens is 229 g/mol. The highest BCUT2D eigenvalue weighted by molar-refractivity contribution is 6.30. The van der Waals surface area contributed by atoms with Crippen LogP contribution in [-0.2, 0) is 0 Å². The Morgan fingerprint density at radius 2 is 2.25 bits per heavy atom. The first-order valence-electron chi connectivity index (χ1n) is 5.54. The van der Waals surface area contributed by atoms with E-state index in [-0.39, 0.29) is 11.1 Å². The predicted octanol–water partition coefficient (Wildman–Crippen LogP) is 3.00. The molecule has 1 fully saturated rings. The van der Waals surface area contributed by atoms with Gasteiger partial charge >= 0.3 is 0 Å². The first kappa shape index (κ1) is 11.7. The Balaban J connectivity index is 1.84. The smallest absolute Gasteiger partial charge is 0.142 e. The summed E-state index contributed by atoms with van der Waals surface area (Å²) in [7, 11) is 0. The molecule has 0 atom stereocenters. The van der Waals surface area contributed by atoms with E-state index in [2.05, 4.69) is 12.2 Å². The summed E-state index contributed by atoms with van der Waals surface area (Å²) in [5.41, 5.74) is 0. The van der Waals surface area contributed by atoms with Gasteiger partial charge in [-0.1, -0.05) is 18.5 Å². The molecule has 1 aliphatic carbocycles. The molecule has 0 heterocycles. The fraction of sp³-hybridized carbons (Fsp3) is 0.500. The number of ether oxygens (including phenoxy) is 1. The molecule has 2 nitrogen and oxygen atoms in total. The van der Waals surface area contributed by atoms with Crippen molar-refractivity contribution in [2.45, 2.75) is 31.9 Å². The molecule has 0 saturated heterocycles. The van der Waals surface area contributed by atoms with Crippen LogP contribution in [0.5, 0.6) is 5.75 Å². The molecular formula is C12H15ClFNO. The van der Waals surface area contributed by atoms with Crippen LogP contribution in [-0.4, -0.2) is 18.7 Å². The molecule has 0 unspecified atom stereocenters. The van der Waals surface area contributed by atoms with Gasteiger partial charge < -0.3 is 10.1 Å². The van der Waals surface area contributed by atoms with E-state index in [0.29, 0.717) is 11.8 Å². The van der Waals surface area contributed by atoms with Crippen molar-refractivity contribution in [1.29, 1.82) is 0 Å². The molecule has 1 aliphatic rings. The lowest BCUT2D eigenvalue weighted by molar-refractivity contribution is 0.0859. The van der Waals surface area contributed by atoms with E-state index >= 15 is 0 Å². The molecule has 0 spiro atoms. The van der Waals surface area contributed by atoms with E-state index in [9.17, 15) is 4.39 Å². The lowest BCUT2D eigenvalue weighted by Crippen LogP contribution is -2.46. The lowest BCUT2D eigenvalue weighted by atomic mass is 9.89. The number of benzene rings is 1. The third kappa shape index (κ3) is 2.66. The fourth-order valence-electron chi connectivity index (χ4n) is 1.86. The zero-order chi connectivity index (χ0) is 11.5. The van der Waals surface area contributed by atoms with E-state index in [4.69, 9.17) is 16.3 Å². The molecule has 1 saturated carbocycles. The molecule has 1 N–H and O–H groups in total. The average Bonchev–Trinajstić information content (AvgIpc) is 2.20. The van der Waals surface area contributed by atoms with E-state index in [1.165, 1.54) is 12.1 Å². The van der Waals surface area contributed by atoms with Gasteiger partial charge in [-0.2, -0.15) is 0 Å². The molecule has 88 valence electrons. The van der Waals surface area contributed by atoms with Crippen LogP contribution in [0.3, 0.4) is 0 Å². The molecule has 2 rings (SSSR count). The van der Waals surface area contributed by atoms with Gasteiger partial charge in [0.2, 0.25) is 0 Å². The van der Waals surface area contributed by atoms with Crippen molar-refractivity contribution in [3.05, 3.63) is 29.0 Å². The molecule has 4 heteroatoms. The zero-order valence-corrected chi connectivity index (χ0v) is 9.93. The fourth-order valence-corrected chi connectivity index (χ4v) is 2.03. The second kappa shape index (κ2) is 5.02. The van der Waals surface area contributed by atoms with E-state index in [1.54, 1.807) is 6.07 Å². The Morgan fingerprint density at radius 3 is 2.88 bits per heavy atom. The maximum absolute atomic E-state index is 12.9. The summed E-state index contributed by atoms with van der Waals surface area (Å²) in [6.07, 6.45) is 2.23. The van der Waals surface area contributed by atoms with Gasteiger partial charge in [0.1, 0.15) is 17.7 Å². The van der Waals surface area contributed by atoms with Gasteiger partial charge in [-0.15, -0.1) is 0 Å². The van der Waals surface area contributed by atoms with Gasteiger partial charge in [-0.25, -0.2) is 4.39 Å². The SMILES string of the molecule is CCNC1CC(Oc2ccc(F)c(Cl)c2)C1. The number of nitrogens with one attached hydrogen (secondary N) is 1. The molecule has 0 amide bonds. The van der Waals surface area contributed by atoms with Gasteiger partial charge in [-0.3, -0.25) is 0 Å². The minimum absolute atomic E-state index is 0.111. The minimum Gasteiger partial charge on any atom is -0.490 e. The third-order valence-electron chi connectivity index (χ3n) is 2.78. The van der Waals surface area contributed by atoms with Crippen LogP contribution in [0.2, 0.25) is 5.02 Å². The summed E-state index contributed by atoms with van der Waals surface area (Å²) < 4.78 is 18.6. The number of hydrogen-bond donors (Lipinski definition) is 1. The quantitative estimate of drug-likeness (QED) is 0.878. The standard InChI is InChI=1S/C12H15ClFNO/c1-2-15-8-5-10(6-8)16-9-3-4-12(14)11(13)7-9/h3-4,7-8,10,15H,2,5-6H2,1H3. The van der Waals surface area contributed by atoms with Gasteiger partial charge in [0.15, 0.2) is 0 Å². The molecule has 16 heavy (non-hydrogen) atoms. The van der Waals surface area contributed by atoms with Crippen molar-refractivity contribution < 1.29 is 9.13 Å². The summed E-state index contributed by atoms with van der Waals surface area (Å²) >= 11 is 5.67. The third-order valence-corrected chi connectivity index (χ3v) is 3.07. The first-order chi connectivity index (χ1) is 7.69. The number of rotatable bonds is 4. The predicted molar refractivity (Wildman–Crippen MR) is 62.5 cm³/mol. The second-order valence-corrected chi connectivity index (χ2v) is 4.45. The van der Waals surface area contributed by atoms with Crippen molar-refractivity contribution in [3.63, 3.8) is 0 Å². The van der Waals surface area contributed by atoms with Crippen molar-refractivity contribution in [2.24, 2.45) is 0 Å². The van der Waals surface area contributed by atoms with Crippen LogP contribution in [0.25, 0.3) is 0 Å². The topological polar surface area (TPSA) is 21.3 Å². The molecule has 1 aromatic rings. The Bertz CT molecular complexity index is 366. The monoisotopic (exact) mass is 243 g/mol. The van der Waals surface area contributed by atoms with Crippen LogP contribution in [0, 0.1) is 5.82 Å². The largest absolute Gasteiger partial charge is 0.490 e. The van der Waals surface area contributed by atoms with Crippen molar-refractivity contribution in [3.8, 4) is 5.75 Å². The average molecular weight is 244 g/mol. The maximum atomic E-state index is 12.9. The van der Waals surface area contributed by atoms with Crippen molar-refractivity contribution in [2.75, 3.05) is 6.54 Å². The van der Waals surface area contributed by atoms with Crippen LogP contribution < -0.4 is 10.1 Å². The van der Waals surface area contributed by atoms with E-state index in [0.717, 1.165) is 19.4 Å². The molecule has 0 radical (unpaired) electrons. The van der Waals surface area contributed by atoms with E-state index in [1.807, 2.05) is 0 Å². The summed E-state index contributed by atoms with van der Waals surface area (Å²) in [4.78, 5) is 0. The Kier molecular flexibility index (Phi) is 3.66. The highest BCUT2D eigenvalue weighted by Gasteiger charge is 2.29. The zero-order valence-electron chi connectivity index (χ0n) is 9.17. The summed E-state index contributed by atoms with van der Waals surface area (Å²) in [5.74, 6) is 0.236. The highest BCUT2D eigenvalue weighted by Crippen LogP contribution is 2.28. The lowest BCUT2D eigenvalue weighted by Gasteiger charge is -2.35. The molecule has 0 aromatic heterocycles. The van der Waals surface area contributed by atoms with Crippen molar-refractivity contribution >= 4 is 11.6 Å². The van der Waals surface area contributed by atoms with Gasteiger partial charge in [0.05, 0.1) is 5.02 Å². The highest BCUT2D eigenvalue weighted by atomic mass is 35.5. The van der Waals surface area contributed by atoms with Gasteiger partial charge in [0.25, 0.3) is 0 Å². The van der Waals surface area contributed by atoms with Gasteiger partial charge in [-0.05, 0) is 31.5 Å². The number of halogens is 2. The van der Waals surface area contributed by atoms with Crippen LogP contribution in [0.15, 0.2) is 18.2 Å². The van der Waals surface area contributed by atoms with Crippen LogP contribution in [0.1, 0.15) is 19.8 Å². The van der Waals surface area contributed by atoms with Gasteiger partial charge in [0, 0.05) is 12.1 Å². The van der Waals surface area contributed by atoms with E-state index < -0.39 is 5.82 Å².